The van der Waals surface area contributed by atoms with Crippen molar-refractivity contribution in [1.29, 1.82) is 0 Å². The molecule has 4 aromatic heterocycles. The molecule has 4 fully saturated rings. The number of nitrogens with one attached hydrogen (secondary N) is 1. The van der Waals surface area contributed by atoms with Crippen molar-refractivity contribution in [2.75, 3.05) is 31.8 Å². The smallest absolute Gasteiger partial charge is 0.388 e. The first-order chi connectivity index (χ1) is 22.0. The number of H-pyrrole nitrogens is 1. The van der Waals surface area contributed by atoms with Gasteiger partial charge in [0.15, 0.2) is 22.6 Å². The Morgan fingerprint density at radius 1 is 1.20 bits per heavy atom. The van der Waals surface area contributed by atoms with Gasteiger partial charge in [-0.1, -0.05) is 0 Å². The minimum absolute atomic E-state index is 0.00223. The summed E-state index contributed by atoms with van der Waals surface area (Å²) in [5.41, 5.74) is 11.0. The number of hydrogen-bond acceptors (Lipinski definition) is 17. The van der Waals surface area contributed by atoms with Gasteiger partial charge in [0.05, 0.1) is 37.2 Å². The monoisotopic (exact) mass is 698 g/mol. The first kappa shape index (κ1) is 30.4. The van der Waals surface area contributed by atoms with Crippen molar-refractivity contribution in [1.82, 2.24) is 39.0 Å². The van der Waals surface area contributed by atoms with Gasteiger partial charge in [-0.3, -0.25) is 28.0 Å². The molecule has 20 nitrogen and oxygen atoms in total. The van der Waals surface area contributed by atoms with Crippen molar-refractivity contribution in [3.8, 4) is 0 Å². The van der Waals surface area contributed by atoms with Crippen molar-refractivity contribution < 1.29 is 42.0 Å². The average Bonchev–Trinajstić information content (AvgIpc) is 3.31. The molecule has 2 saturated heterocycles. The molecule has 246 valence electrons. The first-order valence-electron chi connectivity index (χ1n) is 14.0. The highest BCUT2D eigenvalue weighted by Gasteiger charge is 2.73. The Morgan fingerprint density at radius 3 is 2.78 bits per heavy atom. The van der Waals surface area contributed by atoms with Crippen LogP contribution < -0.4 is 17.0 Å². The van der Waals surface area contributed by atoms with Crippen LogP contribution in [0.1, 0.15) is 17.8 Å². The molecule has 46 heavy (non-hydrogen) atoms. The van der Waals surface area contributed by atoms with Crippen LogP contribution in [0, 0.1) is 11.3 Å². The third-order valence-corrected chi connectivity index (χ3v) is 12.5. The molecule has 8 rings (SSSR count). The van der Waals surface area contributed by atoms with Gasteiger partial charge in [-0.05, 0) is 12.3 Å². The molecule has 11 atom stereocenters. The zero-order chi connectivity index (χ0) is 32.1. The molecule has 0 radical (unpaired) electrons. The number of rotatable bonds is 3. The topological polar surface area (TPSA) is 280 Å². The molecule has 0 amide bonds. The number of imidazole rings is 2. The van der Waals surface area contributed by atoms with Crippen LogP contribution in [0.4, 0.5) is 11.8 Å². The van der Waals surface area contributed by atoms with Crippen LogP contribution in [-0.4, -0.2) is 99.0 Å². The van der Waals surface area contributed by atoms with E-state index >= 15 is 0 Å². The highest BCUT2D eigenvalue weighted by Crippen LogP contribution is 2.71. The molecular weight excluding hydrogens is 670 g/mol. The number of aliphatic hydroxyl groups excluding tert-OH is 1. The van der Waals surface area contributed by atoms with Crippen LogP contribution in [0.15, 0.2) is 23.8 Å². The molecule has 2 aliphatic heterocycles. The molecular formula is C23H28N10O10P2S. The third-order valence-electron chi connectivity index (χ3n) is 9.15. The van der Waals surface area contributed by atoms with Crippen LogP contribution in [0.3, 0.4) is 0 Å². The minimum Gasteiger partial charge on any atom is -0.388 e. The Bertz CT molecular complexity index is 1990. The number of nitrogen functional groups attached to an aromatic ring is 2. The van der Waals surface area contributed by atoms with Gasteiger partial charge < -0.3 is 39.8 Å². The number of aromatic amines is 1. The van der Waals surface area contributed by atoms with Gasteiger partial charge in [0.2, 0.25) is 5.95 Å². The lowest BCUT2D eigenvalue weighted by Crippen LogP contribution is -2.37. The van der Waals surface area contributed by atoms with E-state index in [2.05, 4.69) is 29.9 Å². The number of nitrogens with two attached hydrogens (primary N) is 2. The van der Waals surface area contributed by atoms with Crippen LogP contribution in [0.2, 0.25) is 0 Å². The van der Waals surface area contributed by atoms with E-state index in [4.69, 9.17) is 34.3 Å². The number of aliphatic hydroxyl groups is 1. The van der Waals surface area contributed by atoms with E-state index in [1.807, 2.05) is 0 Å². The van der Waals surface area contributed by atoms with Crippen LogP contribution in [0.25, 0.3) is 22.3 Å². The number of methoxy groups -OCH3 is 1. The molecule has 2 bridgehead atoms. The lowest BCUT2D eigenvalue weighted by atomic mass is 10.0. The number of phosphoric ester groups is 1. The zero-order valence-electron chi connectivity index (χ0n) is 23.8. The van der Waals surface area contributed by atoms with Gasteiger partial charge in [-0.2, -0.15) is 4.98 Å². The molecule has 2 aliphatic carbocycles. The second-order valence-electron chi connectivity index (χ2n) is 11.6. The quantitative estimate of drug-likeness (QED) is 0.176. The summed E-state index contributed by atoms with van der Waals surface area (Å²) in [5, 5.41) is 10.1. The van der Waals surface area contributed by atoms with Gasteiger partial charge in [-0.15, -0.1) is 11.8 Å². The number of ether oxygens (including phenoxy) is 1. The first-order valence-corrected chi connectivity index (χ1v) is 17.7. The largest absolute Gasteiger partial charge is 0.472 e. The number of anilines is 2. The molecule has 1 spiro atoms. The van der Waals surface area contributed by atoms with Gasteiger partial charge in [0, 0.05) is 12.5 Å². The number of phosphoric acid groups is 1. The third kappa shape index (κ3) is 4.64. The van der Waals surface area contributed by atoms with E-state index in [0.29, 0.717) is 17.6 Å². The van der Waals surface area contributed by atoms with Gasteiger partial charge in [0.25, 0.3) is 5.56 Å². The molecule has 4 aromatic rings. The van der Waals surface area contributed by atoms with Crippen molar-refractivity contribution >= 4 is 61.9 Å². The number of thioether (sulfide) groups is 1. The van der Waals surface area contributed by atoms with Gasteiger partial charge in [0.1, 0.15) is 41.6 Å². The Balaban J connectivity index is 1.13. The predicted octanol–water partition coefficient (Wildman–Crippen LogP) is -0.0179. The van der Waals surface area contributed by atoms with Crippen molar-refractivity contribution in [3.05, 3.63) is 29.3 Å². The molecule has 7 N–H and O–H groups in total. The molecule has 23 heteroatoms. The van der Waals surface area contributed by atoms with E-state index in [0.717, 1.165) is 0 Å². The summed E-state index contributed by atoms with van der Waals surface area (Å²) < 4.78 is 58.8. The summed E-state index contributed by atoms with van der Waals surface area (Å²) in [6.45, 7) is -0.558. The average molecular weight is 699 g/mol. The van der Waals surface area contributed by atoms with E-state index in [1.165, 1.54) is 42.4 Å². The van der Waals surface area contributed by atoms with E-state index in [9.17, 15) is 23.9 Å². The maximum atomic E-state index is 13.6. The molecule has 6 heterocycles. The fourth-order valence-electron chi connectivity index (χ4n) is 7.04. The number of fused-ring (bicyclic) bond motifs is 4. The van der Waals surface area contributed by atoms with Crippen molar-refractivity contribution in [2.45, 2.75) is 47.5 Å². The van der Waals surface area contributed by atoms with Crippen molar-refractivity contribution in [3.63, 3.8) is 0 Å². The summed E-state index contributed by atoms with van der Waals surface area (Å²) in [5.74, 6) is -0.337. The summed E-state index contributed by atoms with van der Waals surface area (Å²) in [4.78, 5) is 46.7. The summed E-state index contributed by atoms with van der Waals surface area (Å²) >= 11 is 1.20. The normalized spacial score (nSPS) is 39.4. The molecule has 0 aromatic carbocycles. The van der Waals surface area contributed by atoms with Crippen LogP contribution in [-0.2, 0) is 32.0 Å². The van der Waals surface area contributed by atoms with E-state index < -0.39 is 68.1 Å². The highest BCUT2D eigenvalue weighted by molar-refractivity contribution is 8.00. The number of aromatic nitrogens is 8. The van der Waals surface area contributed by atoms with Gasteiger partial charge in [-0.25, -0.2) is 24.5 Å². The van der Waals surface area contributed by atoms with Crippen molar-refractivity contribution in [2.24, 2.45) is 11.3 Å². The fourth-order valence-corrected chi connectivity index (χ4v) is 10.8. The maximum absolute atomic E-state index is 13.6. The highest BCUT2D eigenvalue weighted by atomic mass is 32.2. The van der Waals surface area contributed by atoms with E-state index in [1.54, 1.807) is 4.57 Å². The standard InChI is InChI=1S/C23H28N10O10P2S/c1-39-14-9-3-40-44(36)42-16-13(34)12(32-6-28-10-17(24)26-5-27-18(10)32)8-2-23(8,16)4-41-45(37,38)43-15(14)21(46-9)33-7-29-11-19(33)30-22(25)31-20(11)35/h5-9,12-16,21,34,44H,2-4H2,1H3,(H,37,38)(H2,24,26,27)(H3,25,30,31,35)/t8-,9-,12-,13+,14-,15-,16+,21-,23+/m1/s1. The lowest BCUT2D eigenvalue weighted by Gasteiger charge is -2.29. The SMILES string of the molecule is CO[C@H]1[C@H]2OP(=O)(O)OC[C@@]34C[C@@H]3[C@@H](n3cnc5c(N)ncnc53)[C@H](O)[C@@H]4O[PH](=O)OC[C@H]1S[C@H]2n1cnc2c(=O)[nH]c(N)nc21. The Labute approximate surface area is 262 Å². The summed E-state index contributed by atoms with van der Waals surface area (Å²) in [6.07, 6.45) is 0.123. The van der Waals surface area contributed by atoms with Crippen LogP contribution in [0.5, 0.6) is 0 Å². The number of nitrogens with zero attached hydrogens (tertiary/aromatic N) is 7. The lowest BCUT2D eigenvalue weighted by molar-refractivity contribution is -0.0272. The Morgan fingerprint density at radius 2 is 1.98 bits per heavy atom. The van der Waals surface area contributed by atoms with Gasteiger partial charge >= 0.3 is 16.1 Å². The molecule has 2 unspecified atom stereocenters. The maximum Gasteiger partial charge on any atom is 0.472 e. The molecule has 2 saturated carbocycles. The Kier molecular flexibility index (Phi) is 7.11. The van der Waals surface area contributed by atoms with E-state index in [-0.39, 0.29) is 42.1 Å². The Hall–Kier alpha value is -2.97. The second-order valence-corrected chi connectivity index (χ2v) is 15.4. The molecule has 4 aliphatic rings. The summed E-state index contributed by atoms with van der Waals surface area (Å²) in [6, 6.07) is -0.666. The predicted molar refractivity (Wildman–Crippen MR) is 160 cm³/mol. The second kappa shape index (κ2) is 10.8. The van der Waals surface area contributed by atoms with Crippen LogP contribution >= 0.6 is 27.8 Å². The number of hydrogen-bond donors (Lipinski definition) is 5. The zero-order valence-corrected chi connectivity index (χ0v) is 26.5. The summed E-state index contributed by atoms with van der Waals surface area (Å²) in [7, 11) is -6.69. The fraction of sp³-hybridized carbons (Fsp3) is 0.565. The minimum atomic E-state index is -4.84.